The Morgan fingerprint density at radius 1 is 0.857 bits per heavy atom. The molecule has 2 fully saturated rings. The standard InChI is InChI=1S/C21H41N3O4/c1-18(2)9-15(10-19(3,4)23(18)26)22-13-16(25)14-28-17-11-20(5,6)24(27)21(7,8)12-17/h15-17,22,25H,9-14H2,1-8H3/q-2. The first-order valence-electron chi connectivity index (χ1n) is 10.5. The van der Waals surface area contributed by atoms with E-state index in [1.54, 1.807) is 0 Å². The van der Waals surface area contributed by atoms with Crippen LogP contribution in [0.2, 0.25) is 0 Å². The molecule has 1 unspecified atom stereocenters. The molecule has 2 rings (SSSR count). The largest absolute Gasteiger partial charge is 0.784 e. The molecule has 28 heavy (non-hydrogen) atoms. The number of hydrogen-bond donors (Lipinski definition) is 2. The van der Waals surface area contributed by atoms with Gasteiger partial charge in [0, 0.05) is 34.7 Å². The van der Waals surface area contributed by atoms with Crippen LogP contribution in [0.4, 0.5) is 0 Å². The van der Waals surface area contributed by atoms with Gasteiger partial charge in [-0.2, -0.15) is 0 Å². The Morgan fingerprint density at radius 2 is 1.25 bits per heavy atom. The van der Waals surface area contributed by atoms with Gasteiger partial charge in [0.15, 0.2) is 0 Å². The summed E-state index contributed by atoms with van der Waals surface area (Å²) < 4.78 is 5.99. The van der Waals surface area contributed by atoms with Gasteiger partial charge in [0.05, 0.1) is 18.8 Å². The lowest BCUT2D eigenvalue weighted by Crippen LogP contribution is -2.62. The molecule has 0 aromatic rings. The summed E-state index contributed by atoms with van der Waals surface area (Å²) in [6, 6.07) is 0.186. The number of aliphatic hydroxyl groups excluding tert-OH is 1. The summed E-state index contributed by atoms with van der Waals surface area (Å²) in [6.45, 7) is 16.4. The highest BCUT2D eigenvalue weighted by molar-refractivity contribution is 5.03. The van der Waals surface area contributed by atoms with Gasteiger partial charge in [-0.3, -0.25) is 0 Å². The Hall–Kier alpha value is -0.280. The molecule has 0 amide bonds. The van der Waals surface area contributed by atoms with Gasteiger partial charge in [-0.15, -0.1) is 0 Å². The lowest BCUT2D eigenvalue weighted by Gasteiger charge is -2.60. The van der Waals surface area contributed by atoms with Crippen molar-refractivity contribution in [2.45, 2.75) is 121 Å². The number of rotatable bonds is 6. The number of piperidine rings is 2. The van der Waals surface area contributed by atoms with Crippen LogP contribution in [-0.4, -0.2) is 68.8 Å². The zero-order valence-corrected chi connectivity index (χ0v) is 19.0. The third-order valence-electron chi connectivity index (χ3n) is 6.31. The van der Waals surface area contributed by atoms with Gasteiger partial charge in [-0.05, 0) is 81.1 Å². The number of aliphatic hydroxyl groups is 1. The van der Waals surface area contributed by atoms with E-state index in [1.807, 2.05) is 55.4 Å². The maximum Gasteiger partial charge on any atom is 0.0897 e. The topological polar surface area (TPSA) is 94.1 Å². The lowest BCUT2D eigenvalue weighted by atomic mass is 9.79. The molecule has 0 aromatic carbocycles. The fourth-order valence-corrected chi connectivity index (χ4v) is 5.31. The Bertz CT molecular complexity index is 454. The van der Waals surface area contributed by atoms with Crippen molar-refractivity contribution >= 4 is 0 Å². The van der Waals surface area contributed by atoms with E-state index >= 15 is 0 Å². The molecule has 0 aromatic heterocycles. The van der Waals surface area contributed by atoms with E-state index in [0.29, 0.717) is 19.4 Å². The zero-order valence-electron chi connectivity index (χ0n) is 19.0. The number of hydrogen-bond acceptors (Lipinski definition) is 7. The summed E-state index contributed by atoms with van der Waals surface area (Å²) >= 11 is 0. The number of hydroxylamine groups is 4. The third kappa shape index (κ3) is 5.45. The Kier molecular flexibility index (Phi) is 6.94. The first kappa shape index (κ1) is 24.0. The van der Waals surface area contributed by atoms with Crippen LogP contribution in [0.1, 0.15) is 81.1 Å². The molecule has 0 saturated carbocycles. The summed E-state index contributed by atoms with van der Waals surface area (Å²) in [5.41, 5.74) is -1.80. The van der Waals surface area contributed by atoms with Crippen LogP contribution < -0.4 is 5.32 Å². The number of nitrogens with one attached hydrogen (secondary N) is 1. The molecule has 166 valence electrons. The van der Waals surface area contributed by atoms with Gasteiger partial charge in [0.2, 0.25) is 0 Å². The van der Waals surface area contributed by atoms with Crippen molar-refractivity contribution in [3.8, 4) is 0 Å². The second kappa shape index (κ2) is 8.10. The van der Waals surface area contributed by atoms with Crippen LogP contribution >= 0.6 is 0 Å². The van der Waals surface area contributed by atoms with Gasteiger partial charge in [-0.1, -0.05) is 0 Å². The highest BCUT2D eigenvalue weighted by Crippen LogP contribution is 2.39. The van der Waals surface area contributed by atoms with Gasteiger partial charge in [0.25, 0.3) is 0 Å². The predicted octanol–water partition coefficient (Wildman–Crippen LogP) is 2.99. The fraction of sp³-hybridized carbons (Fsp3) is 1.00. The molecule has 7 heteroatoms. The van der Waals surface area contributed by atoms with E-state index in [0.717, 1.165) is 12.8 Å². The molecule has 2 aliphatic rings. The summed E-state index contributed by atoms with van der Waals surface area (Å²) in [6.07, 6.45) is 2.16. The Labute approximate surface area is 171 Å². The molecule has 0 aliphatic carbocycles. The van der Waals surface area contributed by atoms with E-state index in [9.17, 15) is 15.5 Å². The van der Waals surface area contributed by atoms with E-state index in [2.05, 4.69) is 5.32 Å². The molecule has 0 spiro atoms. The minimum atomic E-state index is -0.618. The molecule has 1 atom stereocenters. The third-order valence-corrected chi connectivity index (χ3v) is 6.31. The molecule has 2 saturated heterocycles. The van der Waals surface area contributed by atoms with Crippen molar-refractivity contribution in [3.05, 3.63) is 10.4 Å². The fourth-order valence-electron chi connectivity index (χ4n) is 5.31. The first-order valence-corrected chi connectivity index (χ1v) is 10.5. The Morgan fingerprint density at radius 3 is 1.68 bits per heavy atom. The molecule has 2 aliphatic heterocycles. The number of nitrogens with zero attached hydrogens (tertiary/aromatic N) is 2. The second-order valence-electron chi connectivity index (χ2n) is 11.4. The van der Waals surface area contributed by atoms with E-state index in [-0.39, 0.29) is 18.8 Å². The summed E-state index contributed by atoms with van der Waals surface area (Å²) in [5.74, 6) is 0. The van der Waals surface area contributed by atoms with Gasteiger partial charge in [-0.25, -0.2) is 0 Å². The van der Waals surface area contributed by atoms with Crippen molar-refractivity contribution in [2.75, 3.05) is 13.2 Å². The van der Waals surface area contributed by atoms with Crippen molar-refractivity contribution in [2.24, 2.45) is 0 Å². The van der Waals surface area contributed by atoms with Crippen LogP contribution in [0.5, 0.6) is 0 Å². The monoisotopic (exact) mass is 399 g/mol. The summed E-state index contributed by atoms with van der Waals surface area (Å²) in [5, 5.41) is 41.1. The van der Waals surface area contributed by atoms with Crippen molar-refractivity contribution < 1.29 is 9.84 Å². The minimum Gasteiger partial charge on any atom is -0.784 e. The molecule has 0 radical (unpaired) electrons. The van der Waals surface area contributed by atoms with Crippen LogP contribution in [-0.2, 0) is 4.74 Å². The van der Waals surface area contributed by atoms with Gasteiger partial charge < -0.3 is 35.7 Å². The van der Waals surface area contributed by atoms with Crippen LogP contribution in [0.3, 0.4) is 0 Å². The van der Waals surface area contributed by atoms with Crippen molar-refractivity contribution in [3.63, 3.8) is 0 Å². The molecule has 2 N–H and O–H groups in total. The van der Waals surface area contributed by atoms with Crippen LogP contribution in [0.25, 0.3) is 0 Å². The summed E-state index contributed by atoms with van der Waals surface area (Å²) in [7, 11) is 0. The molecular weight excluding hydrogens is 358 g/mol. The quantitative estimate of drug-likeness (QED) is 0.709. The van der Waals surface area contributed by atoms with E-state index < -0.39 is 28.3 Å². The molecular formula is C21H41N3O4-2. The number of ether oxygens (including phenoxy) is 1. The molecule has 7 nitrogen and oxygen atoms in total. The van der Waals surface area contributed by atoms with Gasteiger partial charge >= 0.3 is 0 Å². The van der Waals surface area contributed by atoms with Crippen LogP contribution in [0, 0.1) is 10.4 Å². The molecule has 0 bridgehead atoms. The van der Waals surface area contributed by atoms with E-state index in [1.165, 1.54) is 10.1 Å². The van der Waals surface area contributed by atoms with Crippen LogP contribution in [0.15, 0.2) is 0 Å². The van der Waals surface area contributed by atoms with Crippen molar-refractivity contribution in [1.29, 1.82) is 0 Å². The average molecular weight is 400 g/mol. The summed E-state index contributed by atoms with van der Waals surface area (Å²) in [4.78, 5) is 0. The maximum atomic E-state index is 12.5. The Balaban J connectivity index is 1.81. The normalized spacial score (nSPS) is 29.7. The highest BCUT2D eigenvalue weighted by atomic mass is 16.5. The van der Waals surface area contributed by atoms with Crippen molar-refractivity contribution in [1.82, 2.24) is 15.4 Å². The minimum absolute atomic E-state index is 0.0357. The molecule has 2 heterocycles. The predicted molar refractivity (Wildman–Crippen MR) is 113 cm³/mol. The maximum absolute atomic E-state index is 12.5. The average Bonchev–Trinajstić information content (AvgIpc) is 2.52. The first-order chi connectivity index (χ1) is 12.6. The second-order valence-corrected chi connectivity index (χ2v) is 11.4. The van der Waals surface area contributed by atoms with E-state index in [4.69, 9.17) is 4.74 Å². The lowest BCUT2D eigenvalue weighted by molar-refractivity contribution is -0.0971. The zero-order chi connectivity index (χ0) is 21.5. The highest BCUT2D eigenvalue weighted by Gasteiger charge is 2.41. The smallest absolute Gasteiger partial charge is 0.0897 e. The van der Waals surface area contributed by atoms with Gasteiger partial charge in [0.1, 0.15) is 0 Å². The SMILES string of the molecule is CC1(C)CC(NCC(O)COC2CC(C)(C)N([O-])C(C)(C)C2)CC(C)(C)N1[O-].